The summed E-state index contributed by atoms with van der Waals surface area (Å²) in [5.74, 6) is 1.16. The zero-order valence-electron chi connectivity index (χ0n) is 18.3. The van der Waals surface area contributed by atoms with Gasteiger partial charge in [-0.3, -0.25) is 14.6 Å². The van der Waals surface area contributed by atoms with Crippen LogP contribution in [-0.2, 0) is 4.79 Å². The summed E-state index contributed by atoms with van der Waals surface area (Å²) in [6.07, 6.45) is 2.84. The number of hydrogen-bond acceptors (Lipinski definition) is 6. The molecule has 0 unspecified atom stereocenters. The molecule has 4 rings (SSSR count). The highest BCUT2D eigenvalue weighted by Crippen LogP contribution is 2.15. The second-order valence-corrected chi connectivity index (χ2v) is 8.32. The number of benzene rings is 1. The first-order chi connectivity index (χ1) is 15.3. The van der Waals surface area contributed by atoms with Crippen molar-refractivity contribution in [1.82, 2.24) is 20.1 Å². The number of para-hydroxylation sites is 1. The number of rotatable bonds is 8. The van der Waals surface area contributed by atoms with Crippen LogP contribution < -0.4 is 15.1 Å². The number of nitrogens with zero attached hydrogens (tertiary/aromatic N) is 5. The SMILES string of the molecule is O=C(CN1CCN(c2ccccn2)CC1)NCCCN1CCN(c2ccccc2)CC1. The van der Waals surface area contributed by atoms with Gasteiger partial charge < -0.3 is 15.1 Å². The van der Waals surface area contributed by atoms with E-state index >= 15 is 0 Å². The third-order valence-corrected chi connectivity index (χ3v) is 6.18. The van der Waals surface area contributed by atoms with E-state index in [2.05, 4.69) is 60.2 Å². The largest absolute Gasteiger partial charge is 0.369 e. The molecule has 2 aromatic rings. The molecule has 0 atom stereocenters. The summed E-state index contributed by atoms with van der Waals surface area (Å²) in [7, 11) is 0. The summed E-state index contributed by atoms with van der Waals surface area (Å²) in [6.45, 7) is 10.2. The maximum atomic E-state index is 12.3. The molecule has 0 aliphatic carbocycles. The Morgan fingerprint density at radius 3 is 2.19 bits per heavy atom. The van der Waals surface area contributed by atoms with Gasteiger partial charge in [0.1, 0.15) is 5.82 Å². The van der Waals surface area contributed by atoms with E-state index in [4.69, 9.17) is 0 Å². The Balaban J connectivity index is 1.06. The zero-order chi connectivity index (χ0) is 21.3. The predicted octanol–water partition coefficient (Wildman–Crippen LogP) is 1.53. The molecule has 2 saturated heterocycles. The van der Waals surface area contributed by atoms with Crippen LogP contribution in [0.2, 0.25) is 0 Å². The lowest BCUT2D eigenvalue weighted by Crippen LogP contribution is -2.50. The van der Waals surface area contributed by atoms with Crippen LogP contribution in [0.15, 0.2) is 54.7 Å². The van der Waals surface area contributed by atoms with E-state index in [9.17, 15) is 4.79 Å². The zero-order valence-corrected chi connectivity index (χ0v) is 18.3. The van der Waals surface area contributed by atoms with Crippen molar-refractivity contribution in [2.45, 2.75) is 6.42 Å². The van der Waals surface area contributed by atoms with Crippen molar-refractivity contribution >= 4 is 17.4 Å². The maximum absolute atomic E-state index is 12.3. The number of anilines is 2. The van der Waals surface area contributed by atoms with Gasteiger partial charge in [0.25, 0.3) is 0 Å². The highest BCUT2D eigenvalue weighted by molar-refractivity contribution is 5.78. The highest BCUT2D eigenvalue weighted by atomic mass is 16.2. The molecule has 7 heteroatoms. The van der Waals surface area contributed by atoms with E-state index in [1.807, 2.05) is 24.4 Å². The van der Waals surface area contributed by atoms with Crippen molar-refractivity contribution in [3.63, 3.8) is 0 Å². The lowest BCUT2D eigenvalue weighted by atomic mass is 10.2. The average molecular weight is 423 g/mol. The van der Waals surface area contributed by atoms with E-state index < -0.39 is 0 Å². The molecule has 3 heterocycles. The molecule has 166 valence electrons. The molecule has 1 aromatic heterocycles. The van der Waals surface area contributed by atoms with Crippen molar-refractivity contribution in [3.05, 3.63) is 54.7 Å². The third kappa shape index (κ3) is 6.42. The molecule has 2 aliphatic heterocycles. The van der Waals surface area contributed by atoms with Crippen molar-refractivity contribution in [3.8, 4) is 0 Å². The minimum atomic E-state index is 0.139. The number of carbonyl (C=O) groups is 1. The van der Waals surface area contributed by atoms with Gasteiger partial charge >= 0.3 is 0 Å². The van der Waals surface area contributed by atoms with E-state index in [0.29, 0.717) is 6.54 Å². The number of carbonyl (C=O) groups excluding carboxylic acids is 1. The Labute approximate surface area is 185 Å². The lowest BCUT2D eigenvalue weighted by Gasteiger charge is -2.36. The predicted molar refractivity (Wildman–Crippen MR) is 126 cm³/mol. The van der Waals surface area contributed by atoms with Gasteiger partial charge in [-0.2, -0.15) is 0 Å². The third-order valence-electron chi connectivity index (χ3n) is 6.18. The number of piperazine rings is 2. The fourth-order valence-electron chi connectivity index (χ4n) is 4.33. The fraction of sp³-hybridized carbons (Fsp3) is 0.500. The van der Waals surface area contributed by atoms with Crippen molar-refractivity contribution in [2.24, 2.45) is 0 Å². The molecule has 1 N–H and O–H groups in total. The minimum absolute atomic E-state index is 0.139. The van der Waals surface area contributed by atoms with Crippen LogP contribution in [0.3, 0.4) is 0 Å². The summed E-state index contributed by atoms with van der Waals surface area (Å²) >= 11 is 0. The molecule has 0 radical (unpaired) electrons. The number of nitrogens with one attached hydrogen (secondary N) is 1. The summed E-state index contributed by atoms with van der Waals surface area (Å²) in [5, 5.41) is 3.10. The maximum Gasteiger partial charge on any atom is 0.234 e. The monoisotopic (exact) mass is 422 g/mol. The number of hydrogen-bond donors (Lipinski definition) is 1. The summed E-state index contributed by atoms with van der Waals surface area (Å²) in [4.78, 5) is 26.2. The summed E-state index contributed by atoms with van der Waals surface area (Å²) in [6, 6.07) is 16.6. The number of amides is 1. The van der Waals surface area contributed by atoms with E-state index in [1.54, 1.807) is 0 Å². The quantitative estimate of drug-likeness (QED) is 0.652. The first-order valence-corrected chi connectivity index (χ1v) is 11.5. The molecule has 2 fully saturated rings. The molecular weight excluding hydrogens is 388 g/mol. The number of pyridine rings is 1. The van der Waals surface area contributed by atoms with Crippen molar-refractivity contribution in [1.29, 1.82) is 0 Å². The van der Waals surface area contributed by atoms with Gasteiger partial charge in [-0.25, -0.2) is 4.98 Å². The van der Waals surface area contributed by atoms with Crippen LogP contribution in [0.1, 0.15) is 6.42 Å². The highest BCUT2D eigenvalue weighted by Gasteiger charge is 2.20. The molecule has 1 amide bonds. The van der Waals surface area contributed by atoms with Gasteiger partial charge in [-0.05, 0) is 37.2 Å². The molecule has 7 nitrogen and oxygen atoms in total. The Morgan fingerprint density at radius 1 is 0.806 bits per heavy atom. The second kappa shape index (κ2) is 11.1. The van der Waals surface area contributed by atoms with Crippen LogP contribution >= 0.6 is 0 Å². The van der Waals surface area contributed by atoms with E-state index in [-0.39, 0.29) is 5.91 Å². The molecule has 2 aliphatic rings. The molecular formula is C24H34N6O. The van der Waals surface area contributed by atoms with Gasteiger partial charge in [-0.1, -0.05) is 24.3 Å². The Kier molecular flexibility index (Phi) is 7.74. The minimum Gasteiger partial charge on any atom is -0.369 e. The first kappa shape index (κ1) is 21.6. The normalized spacial score (nSPS) is 18.2. The van der Waals surface area contributed by atoms with Crippen LogP contribution in [-0.4, -0.2) is 92.7 Å². The van der Waals surface area contributed by atoms with Gasteiger partial charge in [0.15, 0.2) is 0 Å². The molecule has 0 saturated carbocycles. The average Bonchev–Trinajstić information content (AvgIpc) is 2.84. The second-order valence-electron chi connectivity index (χ2n) is 8.32. The van der Waals surface area contributed by atoms with Crippen molar-refractivity contribution in [2.75, 3.05) is 81.8 Å². The van der Waals surface area contributed by atoms with Gasteiger partial charge in [0.2, 0.25) is 5.91 Å². The fourth-order valence-corrected chi connectivity index (χ4v) is 4.33. The van der Waals surface area contributed by atoms with Crippen LogP contribution in [0.4, 0.5) is 11.5 Å². The number of aromatic nitrogens is 1. The van der Waals surface area contributed by atoms with Gasteiger partial charge in [-0.15, -0.1) is 0 Å². The van der Waals surface area contributed by atoms with Crippen LogP contribution in [0.5, 0.6) is 0 Å². The standard InChI is InChI=1S/C24H34N6O/c31-24(21-28-15-19-30(20-16-28)23-9-4-5-10-25-23)26-11-6-12-27-13-17-29(18-14-27)22-7-2-1-3-8-22/h1-5,7-10H,6,11-21H2,(H,26,31). The topological polar surface area (TPSA) is 55.0 Å². The Hall–Kier alpha value is -2.64. The summed E-state index contributed by atoms with van der Waals surface area (Å²) in [5.41, 5.74) is 1.32. The van der Waals surface area contributed by atoms with Crippen LogP contribution in [0, 0.1) is 0 Å². The molecule has 0 spiro atoms. The van der Waals surface area contributed by atoms with Crippen molar-refractivity contribution < 1.29 is 4.79 Å². The lowest BCUT2D eigenvalue weighted by molar-refractivity contribution is -0.122. The molecule has 31 heavy (non-hydrogen) atoms. The summed E-state index contributed by atoms with van der Waals surface area (Å²) < 4.78 is 0. The van der Waals surface area contributed by atoms with E-state index in [0.717, 1.165) is 77.7 Å². The Morgan fingerprint density at radius 2 is 1.48 bits per heavy atom. The first-order valence-electron chi connectivity index (χ1n) is 11.5. The van der Waals surface area contributed by atoms with Gasteiger partial charge in [0, 0.05) is 70.8 Å². The van der Waals surface area contributed by atoms with E-state index in [1.165, 1.54) is 5.69 Å². The smallest absolute Gasteiger partial charge is 0.234 e. The molecule has 0 bridgehead atoms. The molecule has 1 aromatic carbocycles. The van der Waals surface area contributed by atoms with Crippen LogP contribution in [0.25, 0.3) is 0 Å². The van der Waals surface area contributed by atoms with Gasteiger partial charge in [0.05, 0.1) is 6.54 Å². The Bertz CT molecular complexity index is 786.